The van der Waals surface area contributed by atoms with Crippen molar-refractivity contribution >= 4 is 22.7 Å². The molecule has 0 saturated carbocycles. The van der Waals surface area contributed by atoms with E-state index in [1.807, 2.05) is 6.07 Å². The van der Waals surface area contributed by atoms with Crippen molar-refractivity contribution in [3.63, 3.8) is 0 Å². The van der Waals surface area contributed by atoms with E-state index in [2.05, 4.69) is 5.32 Å². The molecule has 3 aromatic rings. The predicted molar refractivity (Wildman–Crippen MR) is 93.6 cm³/mol. The molecule has 1 amide bonds. The van der Waals surface area contributed by atoms with Gasteiger partial charge in [0.1, 0.15) is 0 Å². The van der Waals surface area contributed by atoms with Gasteiger partial charge in [-0.15, -0.1) is 0 Å². The second kappa shape index (κ2) is 6.94. The van der Waals surface area contributed by atoms with Crippen molar-refractivity contribution in [3.8, 4) is 11.8 Å². The van der Waals surface area contributed by atoms with E-state index in [4.69, 9.17) is 10.00 Å². The third-order valence-electron chi connectivity index (χ3n) is 3.87. The molecule has 0 bridgehead atoms. The average Bonchev–Trinajstić information content (AvgIpc) is 2.95. The topological polar surface area (TPSA) is 110 Å². The normalized spacial score (nSPS) is 10.3. The first kappa shape index (κ1) is 17.0. The number of carbonyl (C=O) groups excluding carboxylic acids is 1. The van der Waals surface area contributed by atoms with Gasteiger partial charge in [-0.25, -0.2) is 4.79 Å². The number of nitrogens with one attached hydrogen (secondary N) is 1. The summed E-state index contributed by atoms with van der Waals surface area (Å²) in [6, 6.07) is 13.2. The Morgan fingerprint density at radius 3 is 2.69 bits per heavy atom. The Labute approximate surface area is 148 Å². The van der Waals surface area contributed by atoms with Gasteiger partial charge in [-0.3, -0.25) is 10.1 Å². The Morgan fingerprint density at radius 2 is 2.04 bits per heavy atom. The summed E-state index contributed by atoms with van der Waals surface area (Å²) in [5.41, 5.74) is 1.99. The minimum Gasteiger partial charge on any atom is -0.408 e. The van der Waals surface area contributed by atoms with Gasteiger partial charge < -0.3 is 14.6 Å². The number of aryl methyl sites for hydroxylation is 1. The molecular formula is C18H14N4O4. The molecule has 1 heterocycles. The molecule has 3 rings (SSSR count). The number of non-ortho nitro benzene ring substituents is 1. The fourth-order valence-electron chi connectivity index (χ4n) is 2.55. The van der Waals surface area contributed by atoms with Crippen molar-refractivity contribution in [1.82, 2.24) is 9.88 Å². The van der Waals surface area contributed by atoms with Gasteiger partial charge in [0.15, 0.2) is 5.75 Å². The molecule has 0 unspecified atom stereocenters. The first-order valence-electron chi connectivity index (χ1n) is 7.66. The Kier molecular flexibility index (Phi) is 4.53. The first-order valence-corrected chi connectivity index (χ1v) is 7.66. The van der Waals surface area contributed by atoms with Gasteiger partial charge in [0.05, 0.1) is 22.1 Å². The van der Waals surface area contributed by atoms with Crippen molar-refractivity contribution in [3.05, 3.63) is 69.9 Å². The molecule has 0 aliphatic heterocycles. The van der Waals surface area contributed by atoms with Crippen molar-refractivity contribution in [2.24, 2.45) is 7.05 Å². The number of hydrogen-bond donors (Lipinski definition) is 1. The molecule has 130 valence electrons. The summed E-state index contributed by atoms with van der Waals surface area (Å²) in [6.45, 7) is 0.232. The van der Waals surface area contributed by atoms with Gasteiger partial charge in [-0.2, -0.15) is 5.26 Å². The van der Waals surface area contributed by atoms with Crippen LogP contribution in [0.5, 0.6) is 5.75 Å². The highest BCUT2D eigenvalue weighted by Crippen LogP contribution is 2.30. The number of aromatic nitrogens is 1. The van der Waals surface area contributed by atoms with E-state index >= 15 is 0 Å². The van der Waals surface area contributed by atoms with Crippen LogP contribution in [0.2, 0.25) is 0 Å². The summed E-state index contributed by atoms with van der Waals surface area (Å²) in [4.78, 5) is 22.5. The molecule has 0 aliphatic rings. The quantitative estimate of drug-likeness (QED) is 0.573. The summed E-state index contributed by atoms with van der Waals surface area (Å²) < 4.78 is 7.03. The number of ether oxygens (including phenoxy) is 1. The molecular weight excluding hydrogens is 336 g/mol. The fourth-order valence-corrected chi connectivity index (χ4v) is 2.55. The smallest absolute Gasteiger partial charge is 0.408 e. The SMILES string of the molecule is Cn1cc(OC(=O)NCc2ccc(C#N)cc2)c2cc([N+](=O)[O-])ccc21. The molecule has 8 heteroatoms. The molecule has 26 heavy (non-hydrogen) atoms. The van der Waals surface area contributed by atoms with E-state index in [9.17, 15) is 14.9 Å². The first-order chi connectivity index (χ1) is 12.5. The summed E-state index contributed by atoms with van der Waals surface area (Å²) in [7, 11) is 1.76. The number of rotatable bonds is 4. The van der Waals surface area contributed by atoms with Crippen molar-refractivity contribution in [1.29, 1.82) is 5.26 Å². The zero-order valence-corrected chi connectivity index (χ0v) is 13.8. The van der Waals surface area contributed by atoms with Crippen LogP contribution in [0.3, 0.4) is 0 Å². The predicted octanol–water partition coefficient (Wildman–Crippen LogP) is 3.25. The van der Waals surface area contributed by atoms with E-state index in [1.165, 1.54) is 12.1 Å². The molecule has 0 aliphatic carbocycles. The van der Waals surface area contributed by atoms with E-state index in [0.717, 1.165) is 5.56 Å². The summed E-state index contributed by atoms with van der Waals surface area (Å²) >= 11 is 0. The van der Waals surface area contributed by atoms with Crippen LogP contribution in [0.15, 0.2) is 48.7 Å². The van der Waals surface area contributed by atoms with Crippen LogP contribution in [0.4, 0.5) is 10.5 Å². The van der Waals surface area contributed by atoms with Crippen LogP contribution < -0.4 is 10.1 Å². The van der Waals surface area contributed by atoms with Gasteiger partial charge >= 0.3 is 6.09 Å². The minimum atomic E-state index is -0.673. The Morgan fingerprint density at radius 1 is 1.31 bits per heavy atom. The largest absolute Gasteiger partial charge is 0.412 e. The number of nitriles is 1. The Balaban J connectivity index is 1.73. The number of carbonyl (C=O) groups is 1. The second-order valence-corrected chi connectivity index (χ2v) is 5.61. The fraction of sp³-hybridized carbons (Fsp3) is 0.111. The van der Waals surface area contributed by atoms with E-state index in [0.29, 0.717) is 16.5 Å². The number of nitro benzene ring substituents is 1. The number of benzene rings is 2. The maximum absolute atomic E-state index is 12.1. The zero-order chi connectivity index (χ0) is 18.7. The second-order valence-electron chi connectivity index (χ2n) is 5.61. The Hall–Kier alpha value is -3.86. The van der Waals surface area contributed by atoms with Crippen LogP contribution in [-0.4, -0.2) is 15.6 Å². The average molecular weight is 350 g/mol. The van der Waals surface area contributed by atoms with Gasteiger partial charge in [0.25, 0.3) is 5.69 Å². The molecule has 2 aromatic carbocycles. The molecule has 8 nitrogen and oxygen atoms in total. The molecule has 0 atom stereocenters. The molecule has 0 saturated heterocycles. The highest BCUT2D eigenvalue weighted by Gasteiger charge is 2.15. The van der Waals surface area contributed by atoms with Gasteiger partial charge in [-0.1, -0.05) is 12.1 Å². The maximum Gasteiger partial charge on any atom is 0.412 e. The number of hydrogen-bond acceptors (Lipinski definition) is 5. The lowest BCUT2D eigenvalue weighted by Crippen LogP contribution is -2.26. The summed E-state index contributed by atoms with van der Waals surface area (Å²) in [6.07, 6.45) is 0.920. The molecule has 0 radical (unpaired) electrons. The minimum absolute atomic E-state index is 0.0773. The Bertz CT molecular complexity index is 1030. The standard InChI is InChI=1S/C18H14N4O4/c1-21-11-17(15-8-14(22(24)25)6-7-16(15)21)26-18(23)20-10-13-4-2-12(9-19)3-5-13/h2-8,11H,10H2,1H3,(H,20,23). The van der Waals surface area contributed by atoms with Gasteiger partial charge in [0, 0.05) is 37.3 Å². The van der Waals surface area contributed by atoms with Crippen LogP contribution in [0.1, 0.15) is 11.1 Å². The van der Waals surface area contributed by atoms with Crippen molar-refractivity contribution in [2.45, 2.75) is 6.54 Å². The zero-order valence-electron chi connectivity index (χ0n) is 13.8. The number of fused-ring (bicyclic) bond motifs is 1. The molecule has 0 fully saturated rings. The third kappa shape index (κ3) is 3.47. The third-order valence-corrected chi connectivity index (χ3v) is 3.87. The number of amides is 1. The highest BCUT2D eigenvalue weighted by molar-refractivity contribution is 5.90. The van der Waals surface area contributed by atoms with E-state index in [-0.39, 0.29) is 18.0 Å². The monoisotopic (exact) mass is 350 g/mol. The van der Waals surface area contributed by atoms with Crippen LogP contribution >= 0.6 is 0 Å². The summed E-state index contributed by atoms with van der Waals surface area (Å²) in [5.74, 6) is 0.239. The maximum atomic E-state index is 12.1. The molecule has 1 N–H and O–H groups in total. The van der Waals surface area contributed by atoms with Crippen molar-refractivity contribution in [2.75, 3.05) is 0 Å². The molecule has 0 spiro atoms. The lowest BCUT2D eigenvalue weighted by molar-refractivity contribution is -0.384. The lowest BCUT2D eigenvalue weighted by atomic mass is 10.1. The van der Waals surface area contributed by atoms with E-state index < -0.39 is 11.0 Å². The number of nitrogens with zero attached hydrogens (tertiary/aromatic N) is 3. The summed E-state index contributed by atoms with van der Waals surface area (Å²) in [5, 5.41) is 22.8. The molecule has 1 aromatic heterocycles. The van der Waals surface area contributed by atoms with Gasteiger partial charge in [-0.05, 0) is 23.8 Å². The van der Waals surface area contributed by atoms with Crippen LogP contribution in [0.25, 0.3) is 10.9 Å². The lowest BCUT2D eigenvalue weighted by Gasteiger charge is -2.06. The van der Waals surface area contributed by atoms with Crippen LogP contribution in [0, 0.1) is 21.4 Å². The van der Waals surface area contributed by atoms with Gasteiger partial charge in [0.2, 0.25) is 0 Å². The van der Waals surface area contributed by atoms with Crippen molar-refractivity contribution < 1.29 is 14.5 Å². The van der Waals surface area contributed by atoms with Crippen LogP contribution in [-0.2, 0) is 13.6 Å². The number of nitro groups is 1. The highest BCUT2D eigenvalue weighted by atomic mass is 16.6. The van der Waals surface area contributed by atoms with E-state index in [1.54, 1.807) is 48.1 Å².